The van der Waals surface area contributed by atoms with Crippen molar-refractivity contribution in [2.24, 2.45) is 0 Å². The lowest BCUT2D eigenvalue weighted by molar-refractivity contribution is -0.128. The zero-order chi connectivity index (χ0) is 24.6. The summed E-state index contributed by atoms with van der Waals surface area (Å²) in [5.74, 6) is -0.774. The summed E-state index contributed by atoms with van der Waals surface area (Å²) in [5.41, 5.74) is 9.66. The topological polar surface area (TPSA) is 84.7 Å². The fourth-order valence-corrected chi connectivity index (χ4v) is 3.66. The number of nitrogens with two attached hydrogens (primary N) is 1. The number of benzene rings is 3. The van der Waals surface area contributed by atoms with Crippen molar-refractivity contribution in [2.45, 2.75) is 0 Å². The summed E-state index contributed by atoms with van der Waals surface area (Å²) < 4.78 is 18.8. The van der Waals surface area contributed by atoms with Crippen molar-refractivity contribution in [1.29, 1.82) is 0 Å². The molecule has 0 unspecified atom stereocenters. The number of hydrogen-bond acceptors (Lipinski definition) is 4. The second-order valence-corrected chi connectivity index (χ2v) is 8.05. The molecule has 0 bridgehead atoms. The van der Waals surface area contributed by atoms with E-state index >= 15 is 0 Å². The van der Waals surface area contributed by atoms with Gasteiger partial charge < -0.3 is 20.7 Å². The average molecular weight is 472 g/mol. The van der Waals surface area contributed by atoms with Crippen LogP contribution in [-0.2, 0) is 14.3 Å². The number of carbonyl (C=O) groups excluding carboxylic acids is 2. The van der Waals surface area contributed by atoms with Gasteiger partial charge in [0.2, 0.25) is 5.91 Å². The number of nitrogens with zero attached hydrogens (tertiary/aromatic N) is 1. The van der Waals surface area contributed by atoms with Gasteiger partial charge in [0.1, 0.15) is 5.82 Å². The molecule has 6 nitrogen and oxygen atoms in total. The first-order valence-corrected chi connectivity index (χ1v) is 11.3. The molecular formula is C28H26FN3O3. The molecular weight excluding hydrogens is 445 g/mol. The standard InChI is InChI=1S/C28H26FN3O3/c29-23-12-10-22(11-13-23)24(28(34)32-15-17-35-18-16-32)19-21-7-5-20(6-8-21)9-14-27(33)31-26-4-2-1-3-25(26)30/h1-14,19H,15-18,30H2,(H,31,33). The van der Waals surface area contributed by atoms with Gasteiger partial charge in [-0.2, -0.15) is 0 Å². The van der Waals surface area contributed by atoms with E-state index in [4.69, 9.17) is 10.5 Å². The van der Waals surface area contributed by atoms with Gasteiger partial charge in [-0.3, -0.25) is 9.59 Å². The van der Waals surface area contributed by atoms with E-state index < -0.39 is 0 Å². The molecule has 2 amide bonds. The number of hydrogen-bond donors (Lipinski definition) is 2. The quantitative estimate of drug-likeness (QED) is 0.316. The Hall–Kier alpha value is -4.23. The Morgan fingerprint density at radius 1 is 0.914 bits per heavy atom. The van der Waals surface area contributed by atoms with Gasteiger partial charge >= 0.3 is 0 Å². The molecule has 0 radical (unpaired) electrons. The van der Waals surface area contributed by atoms with E-state index in [1.165, 1.54) is 18.2 Å². The first kappa shape index (κ1) is 23.9. The van der Waals surface area contributed by atoms with Gasteiger partial charge in [0.15, 0.2) is 0 Å². The van der Waals surface area contributed by atoms with Crippen LogP contribution in [0.3, 0.4) is 0 Å². The highest BCUT2D eigenvalue weighted by Crippen LogP contribution is 2.23. The monoisotopic (exact) mass is 471 g/mol. The van der Waals surface area contributed by atoms with Gasteiger partial charge in [-0.15, -0.1) is 0 Å². The Labute approximate surface area is 203 Å². The van der Waals surface area contributed by atoms with Crippen LogP contribution in [0.5, 0.6) is 0 Å². The minimum atomic E-state index is -0.359. The molecule has 0 aromatic heterocycles. The van der Waals surface area contributed by atoms with E-state index in [2.05, 4.69) is 5.32 Å². The van der Waals surface area contributed by atoms with E-state index in [1.807, 2.05) is 24.3 Å². The van der Waals surface area contributed by atoms with E-state index in [1.54, 1.807) is 53.5 Å². The second-order valence-electron chi connectivity index (χ2n) is 8.05. The number of carbonyl (C=O) groups is 2. The normalized spacial score (nSPS) is 14.2. The molecule has 0 saturated carbocycles. The lowest BCUT2D eigenvalue weighted by Gasteiger charge is -2.28. The maximum atomic E-state index is 13.5. The fraction of sp³-hybridized carbons (Fsp3) is 0.143. The van der Waals surface area contributed by atoms with E-state index in [9.17, 15) is 14.0 Å². The predicted molar refractivity (Wildman–Crippen MR) is 137 cm³/mol. The third-order valence-electron chi connectivity index (χ3n) is 5.58. The number of ether oxygens (including phenoxy) is 1. The van der Waals surface area contributed by atoms with Gasteiger partial charge in [-0.05, 0) is 53.1 Å². The highest BCUT2D eigenvalue weighted by atomic mass is 19.1. The highest BCUT2D eigenvalue weighted by molar-refractivity contribution is 6.24. The SMILES string of the molecule is Nc1ccccc1NC(=O)C=Cc1ccc(C=C(C(=O)N2CCOCC2)c2ccc(F)cc2)cc1. The zero-order valence-electron chi connectivity index (χ0n) is 19.1. The van der Waals surface area contributed by atoms with Crippen molar-refractivity contribution in [2.75, 3.05) is 37.4 Å². The van der Waals surface area contributed by atoms with Gasteiger partial charge in [-0.1, -0.05) is 48.5 Å². The van der Waals surface area contributed by atoms with Gasteiger partial charge in [0, 0.05) is 24.7 Å². The highest BCUT2D eigenvalue weighted by Gasteiger charge is 2.22. The Morgan fingerprint density at radius 2 is 1.57 bits per heavy atom. The third-order valence-corrected chi connectivity index (χ3v) is 5.58. The van der Waals surface area contributed by atoms with Crippen molar-refractivity contribution in [3.63, 3.8) is 0 Å². The number of nitrogens with one attached hydrogen (secondary N) is 1. The van der Waals surface area contributed by atoms with Crippen LogP contribution < -0.4 is 11.1 Å². The largest absolute Gasteiger partial charge is 0.397 e. The predicted octanol–water partition coefficient (Wildman–Crippen LogP) is 4.46. The van der Waals surface area contributed by atoms with Crippen LogP contribution in [-0.4, -0.2) is 43.0 Å². The summed E-state index contributed by atoms with van der Waals surface area (Å²) in [6, 6.07) is 20.4. The van der Waals surface area contributed by atoms with Crippen LogP contribution in [0, 0.1) is 5.82 Å². The first-order chi connectivity index (χ1) is 17.0. The Morgan fingerprint density at radius 3 is 2.26 bits per heavy atom. The Balaban J connectivity index is 1.51. The molecule has 1 aliphatic heterocycles. The molecule has 35 heavy (non-hydrogen) atoms. The molecule has 0 spiro atoms. The van der Waals surface area contributed by atoms with Gasteiger partial charge in [-0.25, -0.2) is 4.39 Å². The Kier molecular flexibility index (Phi) is 7.70. The van der Waals surface area contributed by atoms with E-state index in [0.29, 0.717) is 48.8 Å². The van der Waals surface area contributed by atoms with E-state index in [-0.39, 0.29) is 17.6 Å². The van der Waals surface area contributed by atoms with Crippen molar-refractivity contribution in [1.82, 2.24) is 4.90 Å². The van der Waals surface area contributed by atoms with E-state index in [0.717, 1.165) is 11.1 Å². The van der Waals surface area contributed by atoms with Crippen LogP contribution in [0.2, 0.25) is 0 Å². The molecule has 0 aliphatic carbocycles. The van der Waals surface area contributed by atoms with Crippen LogP contribution >= 0.6 is 0 Å². The van der Waals surface area contributed by atoms with Gasteiger partial charge in [0.25, 0.3) is 5.91 Å². The molecule has 3 aromatic rings. The summed E-state index contributed by atoms with van der Waals surface area (Å²) in [5, 5.41) is 2.75. The minimum absolute atomic E-state index is 0.124. The van der Waals surface area contributed by atoms with Crippen LogP contribution in [0.1, 0.15) is 16.7 Å². The molecule has 7 heteroatoms. The van der Waals surface area contributed by atoms with Crippen LogP contribution in [0.4, 0.5) is 15.8 Å². The molecule has 1 aliphatic rings. The summed E-state index contributed by atoms with van der Waals surface area (Å²) in [6.45, 7) is 2.01. The number of rotatable bonds is 6. The molecule has 3 aromatic carbocycles. The third kappa shape index (κ3) is 6.43. The molecule has 1 saturated heterocycles. The lowest BCUT2D eigenvalue weighted by atomic mass is 10.0. The van der Waals surface area contributed by atoms with Crippen molar-refractivity contribution >= 4 is 40.9 Å². The summed E-state index contributed by atoms with van der Waals surface area (Å²) in [4.78, 5) is 27.2. The Bertz CT molecular complexity index is 1250. The van der Waals surface area contributed by atoms with Crippen LogP contribution in [0.25, 0.3) is 17.7 Å². The average Bonchev–Trinajstić information content (AvgIpc) is 2.89. The zero-order valence-corrected chi connectivity index (χ0v) is 19.1. The number of halogens is 1. The second kappa shape index (κ2) is 11.3. The van der Waals surface area contributed by atoms with Crippen molar-refractivity contribution in [3.05, 3.63) is 101 Å². The van der Waals surface area contributed by atoms with Gasteiger partial charge in [0.05, 0.1) is 24.6 Å². The molecule has 1 fully saturated rings. The van der Waals surface area contributed by atoms with Crippen molar-refractivity contribution < 1.29 is 18.7 Å². The number of para-hydroxylation sites is 2. The van der Waals surface area contributed by atoms with Crippen molar-refractivity contribution in [3.8, 4) is 0 Å². The molecule has 1 heterocycles. The summed E-state index contributed by atoms with van der Waals surface area (Å²) >= 11 is 0. The lowest BCUT2D eigenvalue weighted by Crippen LogP contribution is -2.41. The summed E-state index contributed by atoms with van der Waals surface area (Å²) in [6.07, 6.45) is 4.92. The molecule has 4 rings (SSSR count). The molecule has 178 valence electrons. The first-order valence-electron chi connectivity index (χ1n) is 11.3. The number of anilines is 2. The molecule has 3 N–H and O–H groups in total. The maximum Gasteiger partial charge on any atom is 0.254 e. The number of nitrogen functional groups attached to an aromatic ring is 1. The number of morpholine rings is 1. The fourth-order valence-electron chi connectivity index (χ4n) is 3.66. The minimum Gasteiger partial charge on any atom is -0.397 e. The molecule has 0 atom stereocenters. The van der Waals surface area contributed by atoms with Crippen LogP contribution in [0.15, 0.2) is 78.9 Å². The number of amides is 2. The maximum absolute atomic E-state index is 13.5. The smallest absolute Gasteiger partial charge is 0.254 e. The summed E-state index contributed by atoms with van der Waals surface area (Å²) in [7, 11) is 0.